The van der Waals surface area contributed by atoms with Crippen molar-refractivity contribution in [3.05, 3.63) is 47.4 Å². The lowest BCUT2D eigenvalue weighted by Gasteiger charge is -2.37. The van der Waals surface area contributed by atoms with Crippen LogP contribution in [0.2, 0.25) is 0 Å². The van der Waals surface area contributed by atoms with Crippen LogP contribution in [0, 0.1) is 13.8 Å². The molecule has 0 atom stereocenters. The van der Waals surface area contributed by atoms with Crippen LogP contribution in [-0.4, -0.2) is 47.2 Å². The highest BCUT2D eigenvalue weighted by atomic mass is 16.4. The Hall–Kier alpha value is -2.63. The molecule has 1 aliphatic rings. The lowest BCUT2D eigenvalue weighted by molar-refractivity contribution is 0.0690. The van der Waals surface area contributed by atoms with Crippen molar-refractivity contribution in [3.63, 3.8) is 0 Å². The van der Waals surface area contributed by atoms with E-state index in [0.29, 0.717) is 0 Å². The third kappa shape index (κ3) is 3.26. The first-order valence-corrected chi connectivity index (χ1v) is 7.67. The molecule has 120 valence electrons. The molecule has 1 fully saturated rings. The highest BCUT2D eigenvalue weighted by Crippen LogP contribution is 2.23. The highest BCUT2D eigenvalue weighted by molar-refractivity contribution is 5.84. The molecule has 0 saturated carbocycles. The van der Waals surface area contributed by atoms with E-state index in [9.17, 15) is 4.79 Å². The maximum absolute atomic E-state index is 10.8. The second-order valence-corrected chi connectivity index (χ2v) is 5.83. The van der Waals surface area contributed by atoms with Crippen molar-refractivity contribution in [2.45, 2.75) is 13.8 Å². The van der Waals surface area contributed by atoms with E-state index in [4.69, 9.17) is 5.11 Å². The normalized spacial score (nSPS) is 14.9. The Labute approximate surface area is 135 Å². The fourth-order valence-corrected chi connectivity index (χ4v) is 2.83. The molecule has 0 radical (unpaired) electrons. The molecule has 2 heterocycles. The summed E-state index contributed by atoms with van der Waals surface area (Å²) in [5, 5.41) is 8.87. The quantitative estimate of drug-likeness (QED) is 0.936. The molecule has 2 aromatic rings. The van der Waals surface area contributed by atoms with E-state index in [2.05, 4.69) is 51.8 Å². The SMILES string of the molecule is Cc1ccc(C)c(N2CCN(c3cnc(C(=O)O)cn3)CC2)c1. The number of nitrogens with zero attached hydrogens (tertiary/aromatic N) is 4. The molecule has 1 saturated heterocycles. The van der Waals surface area contributed by atoms with Crippen LogP contribution in [0.15, 0.2) is 30.6 Å². The smallest absolute Gasteiger partial charge is 0.356 e. The number of carbonyl (C=O) groups is 1. The van der Waals surface area contributed by atoms with Crippen LogP contribution in [0.1, 0.15) is 21.6 Å². The molecule has 6 heteroatoms. The van der Waals surface area contributed by atoms with Crippen LogP contribution in [-0.2, 0) is 0 Å². The molecule has 1 aromatic heterocycles. The van der Waals surface area contributed by atoms with Crippen molar-refractivity contribution in [1.82, 2.24) is 9.97 Å². The Morgan fingerprint density at radius 1 is 1.04 bits per heavy atom. The number of piperazine rings is 1. The Morgan fingerprint density at radius 2 is 1.74 bits per heavy atom. The molecule has 0 amide bonds. The van der Waals surface area contributed by atoms with Gasteiger partial charge in [-0.25, -0.2) is 14.8 Å². The van der Waals surface area contributed by atoms with Crippen LogP contribution in [0.4, 0.5) is 11.5 Å². The summed E-state index contributed by atoms with van der Waals surface area (Å²) in [4.78, 5) is 23.5. The van der Waals surface area contributed by atoms with Gasteiger partial charge in [0.05, 0.1) is 12.4 Å². The van der Waals surface area contributed by atoms with Gasteiger partial charge >= 0.3 is 5.97 Å². The number of hydrogen-bond acceptors (Lipinski definition) is 5. The van der Waals surface area contributed by atoms with E-state index >= 15 is 0 Å². The number of carboxylic acids is 1. The Balaban J connectivity index is 1.68. The van der Waals surface area contributed by atoms with Crippen LogP contribution in [0.5, 0.6) is 0 Å². The van der Waals surface area contributed by atoms with Gasteiger partial charge in [-0.3, -0.25) is 0 Å². The van der Waals surface area contributed by atoms with Gasteiger partial charge in [0, 0.05) is 31.9 Å². The molecular formula is C17H20N4O2. The first-order chi connectivity index (χ1) is 11.0. The summed E-state index contributed by atoms with van der Waals surface area (Å²) in [6.45, 7) is 7.75. The number of anilines is 2. The van der Waals surface area contributed by atoms with E-state index in [0.717, 1.165) is 32.0 Å². The van der Waals surface area contributed by atoms with E-state index in [1.165, 1.54) is 29.2 Å². The summed E-state index contributed by atoms with van der Waals surface area (Å²) < 4.78 is 0. The predicted molar refractivity (Wildman–Crippen MR) is 89.3 cm³/mol. The summed E-state index contributed by atoms with van der Waals surface area (Å²) in [7, 11) is 0. The van der Waals surface area contributed by atoms with Gasteiger partial charge in [-0.1, -0.05) is 12.1 Å². The van der Waals surface area contributed by atoms with E-state index in [1.54, 1.807) is 0 Å². The second kappa shape index (κ2) is 6.24. The van der Waals surface area contributed by atoms with Crippen molar-refractivity contribution >= 4 is 17.5 Å². The molecule has 1 aliphatic heterocycles. The summed E-state index contributed by atoms with van der Waals surface area (Å²) in [5.74, 6) is -0.320. The zero-order chi connectivity index (χ0) is 16.4. The van der Waals surface area contributed by atoms with Crippen molar-refractivity contribution in [2.75, 3.05) is 36.0 Å². The minimum atomic E-state index is -1.05. The number of carboxylic acid groups (broad SMARTS) is 1. The van der Waals surface area contributed by atoms with E-state index in [1.807, 2.05) is 0 Å². The van der Waals surface area contributed by atoms with Crippen molar-refractivity contribution < 1.29 is 9.90 Å². The van der Waals surface area contributed by atoms with Gasteiger partial charge in [-0.15, -0.1) is 0 Å². The van der Waals surface area contributed by atoms with Crippen molar-refractivity contribution in [3.8, 4) is 0 Å². The van der Waals surface area contributed by atoms with Crippen LogP contribution in [0.3, 0.4) is 0 Å². The first kappa shape index (κ1) is 15.3. The number of aromatic nitrogens is 2. The highest BCUT2D eigenvalue weighted by Gasteiger charge is 2.20. The van der Waals surface area contributed by atoms with Gasteiger partial charge < -0.3 is 14.9 Å². The second-order valence-electron chi connectivity index (χ2n) is 5.83. The molecule has 0 bridgehead atoms. The summed E-state index contributed by atoms with van der Waals surface area (Å²) in [6, 6.07) is 6.52. The van der Waals surface area contributed by atoms with E-state index < -0.39 is 5.97 Å². The molecule has 0 unspecified atom stereocenters. The first-order valence-electron chi connectivity index (χ1n) is 7.67. The zero-order valence-corrected chi connectivity index (χ0v) is 13.4. The fraction of sp³-hybridized carbons (Fsp3) is 0.353. The van der Waals surface area contributed by atoms with Crippen molar-refractivity contribution in [2.24, 2.45) is 0 Å². The van der Waals surface area contributed by atoms with Crippen LogP contribution < -0.4 is 9.80 Å². The average molecular weight is 312 g/mol. The Bertz CT molecular complexity index is 707. The van der Waals surface area contributed by atoms with Gasteiger partial charge in [0.1, 0.15) is 5.82 Å². The van der Waals surface area contributed by atoms with Gasteiger partial charge in [0.25, 0.3) is 0 Å². The summed E-state index contributed by atoms with van der Waals surface area (Å²) in [5.41, 5.74) is 3.82. The standard InChI is InChI=1S/C17H20N4O2/c1-12-3-4-13(2)15(9-12)20-5-7-21(8-6-20)16-11-18-14(10-19-16)17(22)23/h3-4,9-11H,5-8H2,1-2H3,(H,22,23). The topological polar surface area (TPSA) is 69.6 Å². The molecular weight excluding hydrogens is 292 g/mol. The van der Waals surface area contributed by atoms with Crippen LogP contribution >= 0.6 is 0 Å². The number of benzene rings is 1. The number of aryl methyl sites for hydroxylation is 2. The Morgan fingerprint density at radius 3 is 2.35 bits per heavy atom. The molecule has 1 N–H and O–H groups in total. The summed E-state index contributed by atoms with van der Waals surface area (Å²) in [6.07, 6.45) is 2.85. The predicted octanol–water partition coefficient (Wildman–Crippen LogP) is 2.12. The van der Waals surface area contributed by atoms with Gasteiger partial charge in [0.15, 0.2) is 5.69 Å². The van der Waals surface area contributed by atoms with Gasteiger partial charge in [0.2, 0.25) is 0 Å². The largest absolute Gasteiger partial charge is 0.476 e. The molecule has 23 heavy (non-hydrogen) atoms. The van der Waals surface area contributed by atoms with Gasteiger partial charge in [-0.05, 0) is 31.0 Å². The van der Waals surface area contributed by atoms with Crippen molar-refractivity contribution in [1.29, 1.82) is 0 Å². The van der Waals surface area contributed by atoms with Gasteiger partial charge in [-0.2, -0.15) is 0 Å². The lowest BCUT2D eigenvalue weighted by Crippen LogP contribution is -2.47. The minimum Gasteiger partial charge on any atom is -0.476 e. The summed E-state index contributed by atoms with van der Waals surface area (Å²) >= 11 is 0. The van der Waals surface area contributed by atoms with E-state index in [-0.39, 0.29) is 5.69 Å². The average Bonchev–Trinajstić information content (AvgIpc) is 2.57. The van der Waals surface area contributed by atoms with Crippen LogP contribution in [0.25, 0.3) is 0 Å². The maximum atomic E-state index is 10.8. The Kier molecular flexibility index (Phi) is 4.14. The minimum absolute atomic E-state index is 0.0252. The number of rotatable bonds is 3. The molecule has 1 aromatic carbocycles. The lowest BCUT2D eigenvalue weighted by atomic mass is 10.1. The fourth-order valence-electron chi connectivity index (χ4n) is 2.83. The maximum Gasteiger partial charge on any atom is 0.356 e. The number of hydrogen-bond donors (Lipinski definition) is 1. The molecule has 0 aliphatic carbocycles. The number of aromatic carboxylic acids is 1. The monoisotopic (exact) mass is 312 g/mol. The third-order valence-corrected chi connectivity index (χ3v) is 4.17. The third-order valence-electron chi connectivity index (χ3n) is 4.17. The molecule has 0 spiro atoms. The molecule has 6 nitrogen and oxygen atoms in total. The zero-order valence-electron chi connectivity index (χ0n) is 13.4. The molecule has 3 rings (SSSR count).